The molecule has 2 aliphatic rings. The molecule has 0 bridgehead atoms. The third-order valence-corrected chi connectivity index (χ3v) is 9.95. The number of nitrogen functional groups attached to an aromatic ring is 1. The molecule has 2 aliphatic heterocycles. The Balaban J connectivity index is 1.36. The maximum absolute atomic E-state index is 14.0. The molecule has 12 nitrogen and oxygen atoms in total. The van der Waals surface area contributed by atoms with Crippen LogP contribution in [-0.4, -0.2) is 80.2 Å². The number of thiazole rings is 1. The summed E-state index contributed by atoms with van der Waals surface area (Å²) in [6.45, 7) is 6.59. The van der Waals surface area contributed by atoms with Crippen LogP contribution in [0.2, 0.25) is 0 Å². The number of hydrogen-bond donors (Lipinski definition) is 2. The van der Waals surface area contributed by atoms with Gasteiger partial charge in [0.1, 0.15) is 28.4 Å². The molecule has 1 saturated heterocycles. The minimum absolute atomic E-state index is 0.107. The number of β-lactam (4-membered cyclic amide) rings is 1. The Morgan fingerprint density at radius 2 is 1.73 bits per heavy atom. The van der Waals surface area contributed by atoms with Crippen molar-refractivity contribution in [2.75, 3.05) is 23.5 Å². The number of amides is 2. The van der Waals surface area contributed by atoms with Gasteiger partial charge >= 0.3 is 11.9 Å². The number of esters is 2. The minimum Gasteiger partial charge on any atom is -0.457 e. The van der Waals surface area contributed by atoms with E-state index in [1.807, 2.05) is 66.9 Å². The van der Waals surface area contributed by atoms with Crippen LogP contribution >= 0.6 is 34.9 Å². The second-order valence-electron chi connectivity index (χ2n) is 12.1. The molecule has 3 N–H and O–H groups in total. The molecule has 15 heteroatoms. The zero-order chi connectivity index (χ0) is 35.3. The topological polar surface area (TPSA) is 163 Å². The number of carbonyl (C=O) groups excluding carboxylic acids is 4. The number of nitrogens with one attached hydrogen (secondary N) is 1. The number of fused-ring (bicyclic) bond motifs is 1. The van der Waals surface area contributed by atoms with E-state index >= 15 is 0 Å². The van der Waals surface area contributed by atoms with Crippen LogP contribution in [0.25, 0.3) is 0 Å². The summed E-state index contributed by atoms with van der Waals surface area (Å²) >= 11 is 4.05. The SMILES string of the molecule is CSCC1=C(C(=O)OC(c2ccccc2)c2ccccc2)N2C(=O)C(NC(=O)/C(=N/OC(C)C(=O)OC(C)(C)C)c3csc(N)n3)[C@H]2SC1. The normalized spacial score (nSPS) is 18.4. The number of hydrogen-bond acceptors (Lipinski definition) is 13. The van der Waals surface area contributed by atoms with Gasteiger partial charge in [0.25, 0.3) is 11.8 Å². The summed E-state index contributed by atoms with van der Waals surface area (Å²) < 4.78 is 11.5. The Kier molecular flexibility index (Phi) is 11.4. The van der Waals surface area contributed by atoms with Gasteiger partial charge in [0.05, 0.1) is 0 Å². The van der Waals surface area contributed by atoms with E-state index in [4.69, 9.17) is 20.0 Å². The monoisotopic (exact) mass is 723 g/mol. The lowest BCUT2D eigenvalue weighted by atomic mass is 10.0. The Bertz CT molecular complexity index is 1720. The van der Waals surface area contributed by atoms with E-state index in [0.29, 0.717) is 11.5 Å². The lowest BCUT2D eigenvalue weighted by Crippen LogP contribution is -2.71. The zero-order valence-electron chi connectivity index (χ0n) is 27.6. The van der Waals surface area contributed by atoms with Crippen molar-refractivity contribution >= 4 is 69.5 Å². The summed E-state index contributed by atoms with van der Waals surface area (Å²) in [6.07, 6.45) is 0.0736. The molecule has 3 atom stereocenters. The summed E-state index contributed by atoms with van der Waals surface area (Å²) in [5, 5.41) is 7.79. The number of carbonyl (C=O) groups is 4. The highest BCUT2D eigenvalue weighted by molar-refractivity contribution is 8.00. The molecule has 2 aromatic carbocycles. The first-order chi connectivity index (χ1) is 23.4. The average Bonchev–Trinajstić information content (AvgIpc) is 3.51. The van der Waals surface area contributed by atoms with E-state index in [9.17, 15) is 19.2 Å². The molecular formula is C34H37N5O7S3. The van der Waals surface area contributed by atoms with E-state index < -0.39 is 53.0 Å². The molecule has 0 saturated carbocycles. The number of aromatic nitrogens is 1. The number of thioether (sulfide) groups is 2. The standard InChI is InChI=1S/C34H37N5O7S3/c1-19(31(42)45-34(2,3)4)46-38-24(23-18-49-33(35)36-23)28(40)37-25-29(41)39-26(22(16-47-5)17-48-30(25)39)32(43)44-27(20-12-8-6-9-13-20)21-14-10-7-11-15-21/h6-15,18-19,25,27,30H,16-17H2,1-5H3,(H2,35,36)(H,37,40)/b38-24+/t19?,25?,30-/m1/s1. The number of rotatable bonds is 12. The summed E-state index contributed by atoms with van der Waals surface area (Å²) in [7, 11) is 0. The van der Waals surface area contributed by atoms with Crippen LogP contribution in [0.5, 0.6) is 0 Å². The first kappa shape index (κ1) is 36.0. The van der Waals surface area contributed by atoms with E-state index in [1.54, 1.807) is 20.8 Å². The molecule has 0 aliphatic carbocycles. The molecule has 49 heavy (non-hydrogen) atoms. The first-order valence-corrected chi connectivity index (χ1v) is 18.7. The van der Waals surface area contributed by atoms with Gasteiger partial charge in [0, 0.05) is 16.9 Å². The highest BCUT2D eigenvalue weighted by Gasteiger charge is 2.55. The van der Waals surface area contributed by atoms with Gasteiger partial charge < -0.3 is 25.4 Å². The van der Waals surface area contributed by atoms with Crippen LogP contribution < -0.4 is 11.1 Å². The zero-order valence-corrected chi connectivity index (χ0v) is 30.0. The lowest BCUT2D eigenvalue weighted by molar-refractivity contribution is -0.167. The molecule has 258 valence electrons. The maximum Gasteiger partial charge on any atom is 0.356 e. The molecule has 2 unspecified atom stereocenters. The van der Waals surface area contributed by atoms with Crippen LogP contribution in [0, 0.1) is 0 Å². The Morgan fingerprint density at radius 3 is 2.29 bits per heavy atom. The molecule has 5 rings (SSSR count). The van der Waals surface area contributed by atoms with Crippen LogP contribution in [0.1, 0.15) is 50.6 Å². The lowest BCUT2D eigenvalue weighted by Gasteiger charge is -2.49. The Morgan fingerprint density at radius 1 is 1.10 bits per heavy atom. The third-order valence-electron chi connectivity index (χ3n) is 7.30. The van der Waals surface area contributed by atoms with Crippen molar-refractivity contribution < 1.29 is 33.5 Å². The number of benzene rings is 2. The largest absolute Gasteiger partial charge is 0.457 e. The molecule has 3 aromatic rings. The van der Waals surface area contributed by atoms with Crippen molar-refractivity contribution in [3.8, 4) is 0 Å². The summed E-state index contributed by atoms with van der Waals surface area (Å²) in [5.74, 6) is -1.58. The van der Waals surface area contributed by atoms with Crippen LogP contribution in [0.4, 0.5) is 5.13 Å². The van der Waals surface area contributed by atoms with Crippen molar-refractivity contribution in [2.24, 2.45) is 5.16 Å². The van der Waals surface area contributed by atoms with Crippen LogP contribution in [0.15, 0.2) is 82.5 Å². The number of nitrogens with zero attached hydrogens (tertiary/aromatic N) is 3. The molecule has 0 radical (unpaired) electrons. The predicted molar refractivity (Wildman–Crippen MR) is 191 cm³/mol. The van der Waals surface area contributed by atoms with E-state index in [-0.39, 0.29) is 22.2 Å². The van der Waals surface area contributed by atoms with Crippen LogP contribution in [0.3, 0.4) is 0 Å². The number of ether oxygens (including phenoxy) is 2. The quantitative estimate of drug-likeness (QED) is 0.117. The van der Waals surface area contributed by atoms with Crippen molar-refractivity contribution in [3.05, 3.63) is 94.1 Å². The van der Waals surface area contributed by atoms with E-state index in [1.165, 1.54) is 40.7 Å². The first-order valence-electron chi connectivity index (χ1n) is 15.3. The Labute approximate surface area is 296 Å². The van der Waals surface area contributed by atoms with Crippen molar-refractivity contribution in [3.63, 3.8) is 0 Å². The summed E-state index contributed by atoms with van der Waals surface area (Å²) in [6, 6.07) is 17.8. The third kappa shape index (κ3) is 8.46. The van der Waals surface area contributed by atoms with Gasteiger partial charge in [-0.2, -0.15) is 11.8 Å². The van der Waals surface area contributed by atoms with Crippen molar-refractivity contribution in [1.29, 1.82) is 0 Å². The minimum atomic E-state index is -1.14. The molecule has 0 spiro atoms. The van der Waals surface area contributed by atoms with Crippen molar-refractivity contribution in [2.45, 2.75) is 56.9 Å². The summed E-state index contributed by atoms with van der Waals surface area (Å²) in [4.78, 5) is 64.8. The van der Waals surface area contributed by atoms with Gasteiger partial charge in [-0.15, -0.1) is 23.1 Å². The van der Waals surface area contributed by atoms with Gasteiger partial charge in [0.2, 0.25) is 6.10 Å². The van der Waals surface area contributed by atoms with Gasteiger partial charge in [-0.1, -0.05) is 65.8 Å². The molecule has 3 heterocycles. The second-order valence-corrected chi connectivity index (χ2v) is 15.0. The highest BCUT2D eigenvalue weighted by Crippen LogP contribution is 2.42. The van der Waals surface area contributed by atoms with Crippen LogP contribution in [-0.2, 0) is 33.5 Å². The van der Waals surface area contributed by atoms with Gasteiger partial charge in [-0.3, -0.25) is 14.5 Å². The Hall–Kier alpha value is -4.34. The average molecular weight is 724 g/mol. The fraction of sp³-hybridized carbons (Fsp3) is 0.353. The fourth-order valence-electron chi connectivity index (χ4n) is 5.07. The highest BCUT2D eigenvalue weighted by atomic mass is 32.2. The predicted octanol–water partition coefficient (Wildman–Crippen LogP) is 4.53. The summed E-state index contributed by atoms with van der Waals surface area (Å²) in [5.41, 5.74) is 7.41. The van der Waals surface area contributed by atoms with E-state index in [2.05, 4.69) is 15.5 Å². The van der Waals surface area contributed by atoms with Gasteiger partial charge in [-0.05, 0) is 50.7 Å². The number of oxime groups is 1. The number of nitrogens with two attached hydrogens (primary N) is 1. The van der Waals surface area contributed by atoms with Gasteiger partial charge in [0.15, 0.2) is 16.9 Å². The van der Waals surface area contributed by atoms with Gasteiger partial charge in [-0.25, -0.2) is 14.6 Å². The molecule has 2 amide bonds. The maximum atomic E-state index is 14.0. The molecule has 1 aromatic heterocycles. The number of anilines is 1. The molecule has 1 fully saturated rings. The van der Waals surface area contributed by atoms with E-state index in [0.717, 1.165) is 28.0 Å². The molecular weight excluding hydrogens is 687 g/mol. The van der Waals surface area contributed by atoms with Crippen molar-refractivity contribution in [1.82, 2.24) is 15.2 Å². The second kappa shape index (κ2) is 15.5. The fourth-order valence-corrected chi connectivity index (χ4v) is 7.68. The smallest absolute Gasteiger partial charge is 0.356 e.